The zero-order valence-electron chi connectivity index (χ0n) is 19.0. The van der Waals surface area contributed by atoms with Gasteiger partial charge in [-0.05, 0) is 101 Å². The summed E-state index contributed by atoms with van der Waals surface area (Å²) in [5, 5.41) is 19.5. The van der Waals surface area contributed by atoms with Crippen molar-refractivity contribution in [3.8, 4) is 0 Å². The summed E-state index contributed by atoms with van der Waals surface area (Å²) in [6, 6.07) is 0.164. The third-order valence-corrected chi connectivity index (χ3v) is 10.3. The number of rotatable bonds is 4. The van der Waals surface area contributed by atoms with Crippen LogP contribution in [0.25, 0.3) is 0 Å². The Morgan fingerprint density at radius 1 is 0.903 bits per heavy atom. The first-order valence-corrected chi connectivity index (χ1v) is 13.1. The molecule has 5 rings (SSSR count). The van der Waals surface area contributed by atoms with Crippen molar-refractivity contribution >= 4 is 11.6 Å². The van der Waals surface area contributed by atoms with E-state index in [-0.39, 0.29) is 11.4 Å². The van der Waals surface area contributed by atoms with Gasteiger partial charge in [-0.1, -0.05) is 6.92 Å². The number of hydrogen-bond acceptors (Lipinski definition) is 6. The van der Waals surface area contributed by atoms with Gasteiger partial charge in [0.15, 0.2) is 12.6 Å². The van der Waals surface area contributed by atoms with Gasteiger partial charge in [0.1, 0.15) is 5.38 Å². The molecule has 4 aliphatic heterocycles. The smallest absolute Gasteiger partial charge is 0.172 e. The molecule has 0 amide bonds. The normalized spacial score (nSPS) is 46.5. The number of halogens is 1. The predicted octanol–water partition coefficient (Wildman–Crippen LogP) is 2.51. The Bertz CT molecular complexity index is 606. The van der Waals surface area contributed by atoms with Gasteiger partial charge in [0.25, 0.3) is 0 Å². The Balaban J connectivity index is 1.05. The molecule has 4 saturated heterocycles. The molecule has 1 aliphatic carbocycles. The first-order chi connectivity index (χ1) is 15.0. The van der Waals surface area contributed by atoms with Crippen LogP contribution in [0.15, 0.2) is 0 Å². The molecule has 5 fully saturated rings. The highest BCUT2D eigenvalue weighted by Gasteiger charge is 2.46. The summed E-state index contributed by atoms with van der Waals surface area (Å²) in [7, 11) is 0. The highest BCUT2D eigenvalue weighted by molar-refractivity contribution is 6.21. The molecule has 31 heavy (non-hydrogen) atoms. The average molecular weight is 457 g/mol. The van der Waals surface area contributed by atoms with Gasteiger partial charge >= 0.3 is 0 Å². The molecular weight excluding hydrogens is 416 g/mol. The molecule has 8 atom stereocenters. The molecule has 6 nitrogen and oxygen atoms in total. The fraction of sp³-hybridized carbons (Fsp3) is 1.00. The van der Waals surface area contributed by atoms with Crippen LogP contribution in [0.4, 0.5) is 0 Å². The van der Waals surface area contributed by atoms with Crippen LogP contribution in [0.5, 0.6) is 0 Å². The van der Waals surface area contributed by atoms with Crippen LogP contribution in [0, 0.1) is 29.1 Å². The monoisotopic (exact) mass is 456 g/mol. The SMILES string of the molecule is CC1C(CCN2CCC3(CC2)CCN(C2COC(O)C2Cl)CC3)CCC2C(O)OCC12. The van der Waals surface area contributed by atoms with Gasteiger partial charge in [0, 0.05) is 5.92 Å². The van der Waals surface area contributed by atoms with E-state index < -0.39 is 12.6 Å². The molecule has 1 spiro atoms. The minimum absolute atomic E-state index is 0.164. The van der Waals surface area contributed by atoms with Gasteiger partial charge in [0.2, 0.25) is 0 Å². The lowest BCUT2D eigenvalue weighted by molar-refractivity contribution is -0.0865. The molecule has 2 N–H and O–H groups in total. The summed E-state index contributed by atoms with van der Waals surface area (Å²) < 4.78 is 10.9. The van der Waals surface area contributed by atoms with Crippen molar-refractivity contribution in [1.29, 1.82) is 0 Å². The maximum atomic E-state index is 10.0. The van der Waals surface area contributed by atoms with Crippen LogP contribution >= 0.6 is 11.6 Å². The van der Waals surface area contributed by atoms with Gasteiger partial charge in [-0.2, -0.15) is 0 Å². The molecule has 4 heterocycles. The van der Waals surface area contributed by atoms with Crippen molar-refractivity contribution in [3.05, 3.63) is 0 Å². The minimum atomic E-state index is -0.810. The lowest BCUT2D eigenvalue weighted by atomic mass is 9.67. The van der Waals surface area contributed by atoms with Gasteiger partial charge in [0.05, 0.1) is 19.3 Å². The number of fused-ring (bicyclic) bond motifs is 1. The van der Waals surface area contributed by atoms with E-state index in [0.29, 0.717) is 29.8 Å². The van der Waals surface area contributed by atoms with Crippen molar-refractivity contribution < 1.29 is 19.7 Å². The van der Waals surface area contributed by atoms with Crippen LogP contribution in [0.1, 0.15) is 51.9 Å². The van der Waals surface area contributed by atoms with E-state index in [2.05, 4.69) is 16.7 Å². The molecule has 0 aromatic carbocycles. The molecule has 8 unspecified atom stereocenters. The van der Waals surface area contributed by atoms with E-state index in [1.165, 1.54) is 58.2 Å². The van der Waals surface area contributed by atoms with E-state index >= 15 is 0 Å². The molecular formula is C24H41ClN2O4. The Hall–Kier alpha value is 0.0500. The highest BCUT2D eigenvalue weighted by Crippen LogP contribution is 2.46. The van der Waals surface area contributed by atoms with Crippen LogP contribution in [-0.4, -0.2) is 89.9 Å². The Kier molecular flexibility index (Phi) is 6.89. The van der Waals surface area contributed by atoms with E-state index in [4.69, 9.17) is 21.1 Å². The number of piperidine rings is 2. The molecule has 1 saturated carbocycles. The van der Waals surface area contributed by atoms with Crippen LogP contribution in [0.2, 0.25) is 0 Å². The number of aliphatic hydroxyl groups is 2. The van der Waals surface area contributed by atoms with Crippen LogP contribution in [-0.2, 0) is 9.47 Å². The van der Waals surface area contributed by atoms with Gasteiger partial charge < -0.3 is 24.6 Å². The average Bonchev–Trinajstić information content (AvgIpc) is 3.32. The fourth-order valence-corrected chi connectivity index (χ4v) is 7.61. The molecule has 5 aliphatic rings. The number of nitrogens with zero attached hydrogens (tertiary/aromatic N) is 2. The number of ether oxygens (including phenoxy) is 2. The zero-order chi connectivity index (χ0) is 21.6. The molecule has 178 valence electrons. The molecule has 0 aromatic rings. The third kappa shape index (κ3) is 4.55. The topological polar surface area (TPSA) is 65.4 Å². The standard InChI is InChI=1S/C24H41ClN2O4/c1-16-17(2-3-18-19(16)14-30-22(18)28)4-9-26-10-5-24(6-11-26)7-12-27(13-8-24)20-15-31-23(29)21(20)25/h16-23,28-29H,2-15H2,1H3. The maximum Gasteiger partial charge on any atom is 0.172 e. The molecule has 0 radical (unpaired) electrons. The largest absolute Gasteiger partial charge is 0.368 e. The zero-order valence-corrected chi connectivity index (χ0v) is 19.8. The summed E-state index contributed by atoms with van der Waals surface area (Å²) in [6.45, 7) is 9.56. The van der Waals surface area contributed by atoms with Gasteiger partial charge in [-0.3, -0.25) is 4.90 Å². The van der Waals surface area contributed by atoms with E-state index in [9.17, 15) is 10.2 Å². The van der Waals surface area contributed by atoms with E-state index in [1.807, 2.05) is 0 Å². The second-order valence-electron chi connectivity index (χ2n) is 11.2. The van der Waals surface area contributed by atoms with Crippen molar-refractivity contribution in [3.63, 3.8) is 0 Å². The first kappa shape index (κ1) is 22.8. The molecule has 0 aromatic heterocycles. The first-order valence-electron chi connectivity index (χ1n) is 12.7. The van der Waals surface area contributed by atoms with E-state index in [0.717, 1.165) is 32.0 Å². The fourth-order valence-electron chi connectivity index (χ4n) is 7.30. The highest BCUT2D eigenvalue weighted by atomic mass is 35.5. The van der Waals surface area contributed by atoms with Crippen molar-refractivity contribution in [1.82, 2.24) is 9.80 Å². The summed E-state index contributed by atoms with van der Waals surface area (Å²) in [4.78, 5) is 5.15. The second kappa shape index (κ2) is 9.36. The quantitative estimate of drug-likeness (QED) is 0.634. The summed E-state index contributed by atoms with van der Waals surface area (Å²) in [6.07, 6.45) is 7.49. The molecule has 0 bridgehead atoms. The maximum absolute atomic E-state index is 10.0. The van der Waals surface area contributed by atoms with Crippen LogP contribution in [0.3, 0.4) is 0 Å². The Morgan fingerprint density at radius 2 is 1.58 bits per heavy atom. The van der Waals surface area contributed by atoms with E-state index in [1.54, 1.807) is 0 Å². The minimum Gasteiger partial charge on any atom is -0.368 e. The van der Waals surface area contributed by atoms with Gasteiger partial charge in [-0.15, -0.1) is 11.6 Å². The Labute approximate surface area is 192 Å². The number of aliphatic hydroxyl groups excluding tert-OH is 2. The number of hydrogen-bond donors (Lipinski definition) is 2. The lowest BCUT2D eigenvalue weighted by Gasteiger charge is -2.48. The van der Waals surface area contributed by atoms with Crippen LogP contribution < -0.4 is 0 Å². The Morgan fingerprint density at radius 3 is 2.26 bits per heavy atom. The second-order valence-corrected chi connectivity index (χ2v) is 11.7. The summed E-state index contributed by atoms with van der Waals surface area (Å²) >= 11 is 6.36. The van der Waals surface area contributed by atoms with Crippen molar-refractivity contribution in [2.24, 2.45) is 29.1 Å². The molecule has 7 heteroatoms. The van der Waals surface area contributed by atoms with Crippen molar-refractivity contribution in [2.75, 3.05) is 45.9 Å². The summed E-state index contributed by atoms with van der Waals surface area (Å²) in [5.74, 6) is 2.38. The number of likely N-dealkylation sites (tertiary alicyclic amines) is 2. The van der Waals surface area contributed by atoms with Gasteiger partial charge in [-0.25, -0.2) is 0 Å². The third-order valence-electron chi connectivity index (χ3n) is 9.80. The number of alkyl halides is 1. The predicted molar refractivity (Wildman–Crippen MR) is 120 cm³/mol. The lowest BCUT2D eigenvalue weighted by Crippen LogP contribution is -2.51. The van der Waals surface area contributed by atoms with Crippen molar-refractivity contribution in [2.45, 2.75) is 75.9 Å². The summed E-state index contributed by atoms with van der Waals surface area (Å²) in [5.41, 5.74) is 0.509.